The minimum atomic E-state index is -0.334. The predicted octanol–water partition coefficient (Wildman–Crippen LogP) is 5.26. The molecule has 1 saturated carbocycles. The van der Waals surface area contributed by atoms with Gasteiger partial charge in [0.1, 0.15) is 5.84 Å². The Bertz CT molecular complexity index is 1040. The van der Waals surface area contributed by atoms with Gasteiger partial charge in [0.2, 0.25) is 0 Å². The first kappa shape index (κ1) is 21.9. The number of amides is 2. The lowest BCUT2D eigenvalue weighted by Gasteiger charge is -2.25. The SMILES string of the molecule is COc1ccc([C@H]2C(C)=Nc3ccccc3N=C2NC(=O)NC2CCCCC2)cc1OC. The zero-order chi connectivity index (χ0) is 22.5. The highest BCUT2D eigenvalue weighted by Gasteiger charge is 2.28. The van der Waals surface area contributed by atoms with Crippen molar-refractivity contribution in [3.8, 4) is 11.5 Å². The molecule has 1 aliphatic carbocycles. The van der Waals surface area contributed by atoms with Crippen molar-refractivity contribution >= 4 is 29.0 Å². The van der Waals surface area contributed by atoms with E-state index >= 15 is 0 Å². The molecule has 7 nitrogen and oxygen atoms in total. The molecule has 1 fully saturated rings. The van der Waals surface area contributed by atoms with Gasteiger partial charge in [-0.3, -0.25) is 10.3 Å². The number of para-hydroxylation sites is 2. The standard InChI is InChI=1S/C25H30N4O3/c1-16-23(17-13-14-21(31-2)22(15-17)32-3)24(28-20-12-8-7-11-19(20)26-16)29-25(30)27-18-9-5-4-6-10-18/h7-8,11-15,18,23H,4-6,9-10H2,1-3H3,(H2,27,28,29,30)/t23-/m1/s1. The van der Waals surface area contributed by atoms with Crippen LogP contribution >= 0.6 is 0 Å². The average molecular weight is 435 g/mol. The van der Waals surface area contributed by atoms with E-state index in [1.54, 1.807) is 14.2 Å². The zero-order valence-electron chi connectivity index (χ0n) is 18.9. The van der Waals surface area contributed by atoms with Gasteiger partial charge >= 0.3 is 6.03 Å². The molecule has 2 aliphatic rings. The Labute approximate surface area is 189 Å². The summed E-state index contributed by atoms with van der Waals surface area (Å²) >= 11 is 0. The smallest absolute Gasteiger partial charge is 0.320 e. The lowest BCUT2D eigenvalue weighted by Crippen LogP contribution is -2.47. The van der Waals surface area contributed by atoms with Crippen LogP contribution in [0.2, 0.25) is 0 Å². The second kappa shape index (κ2) is 9.85. The molecular formula is C25H30N4O3. The summed E-state index contributed by atoms with van der Waals surface area (Å²) in [5.74, 6) is 1.46. The van der Waals surface area contributed by atoms with Crippen molar-refractivity contribution in [3.05, 3.63) is 48.0 Å². The van der Waals surface area contributed by atoms with Gasteiger partial charge in [0, 0.05) is 11.8 Å². The minimum absolute atomic E-state index is 0.205. The normalized spacial score (nSPS) is 18.5. The number of rotatable bonds is 4. The van der Waals surface area contributed by atoms with Crippen molar-refractivity contribution in [1.82, 2.24) is 10.6 Å². The maximum absolute atomic E-state index is 12.9. The highest BCUT2D eigenvalue weighted by Crippen LogP contribution is 2.36. The zero-order valence-corrected chi connectivity index (χ0v) is 18.9. The van der Waals surface area contributed by atoms with Crippen LogP contribution in [0.25, 0.3) is 0 Å². The summed E-state index contributed by atoms with van der Waals surface area (Å²) in [5, 5.41) is 6.16. The van der Waals surface area contributed by atoms with Crippen LogP contribution in [0.4, 0.5) is 16.2 Å². The third-order valence-electron chi connectivity index (χ3n) is 6.03. The molecule has 4 rings (SSSR count). The first-order valence-electron chi connectivity index (χ1n) is 11.1. The van der Waals surface area contributed by atoms with Crippen LogP contribution in [-0.4, -0.2) is 37.8 Å². The maximum atomic E-state index is 12.9. The molecule has 2 N–H and O–H groups in total. The van der Waals surface area contributed by atoms with Crippen LogP contribution < -0.4 is 20.1 Å². The summed E-state index contributed by atoms with van der Waals surface area (Å²) in [6.45, 7) is 1.96. The molecule has 2 aromatic carbocycles. The van der Waals surface area contributed by atoms with Gasteiger partial charge < -0.3 is 14.8 Å². The summed E-state index contributed by atoms with van der Waals surface area (Å²) in [7, 11) is 3.22. The molecule has 0 unspecified atom stereocenters. The lowest BCUT2D eigenvalue weighted by atomic mass is 9.92. The molecule has 0 radical (unpaired) electrons. The predicted molar refractivity (Wildman–Crippen MR) is 127 cm³/mol. The monoisotopic (exact) mass is 434 g/mol. The maximum Gasteiger partial charge on any atom is 0.320 e. The van der Waals surface area contributed by atoms with E-state index in [1.807, 2.05) is 49.4 Å². The van der Waals surface area contributed by atoms with Crippen LogP contribution in [0.15, 0.2) is 52.4 Å². The van der Waals surface area contributed by atoms with Gasteiger partial charge in [0.05, 0.1) is 31.5 Å². The molecule has 7 heteroatoms. The van der Waals surface area contributed by atoms with Crippen molar-refractivity contribution in [1.29, 1.82) is 0 Å². The molecule has 1 atom stereocenters. The number of hydrogen-bond donors (Lipinski definition) is 2. The summed E-state index contributed by atoms with van der Waals surface area (Å²) in [5.41, 5.74) is 3.25. The molecule has 0 aromatic heterocycles. The van der Waals surface area contributed by atoms with Crippen molar-refractivity contribution in [2.24, 2.45) is 9.98 Å². The number of amidine groups is 1. The summed E-state index contributed by atoms with van der Waals surface area (Å²) < 4.78 is 10.9. The summed E-state index contributed by atoms with van der Waals surface area (Å²) in [6, 6.07) is 13.4. The Morgan fingerprint density at radius 1 is 0.938 bits per heavy atom. The second-order valence-electron chi connectivity index (χ2n) is 8.22. The van der Waals surface area contributed by atoms with Gasteiger partial charge in [-0.2, -0.15) is 0 Å². The van der Waals surface area contributed by atoms with Gasteiger partial charge in [-0.1, -0.05) is 37.5 Å². The van der Waals surface area contributed by atoms with Gasteiger partial charge in [0.15, 0.2) is 11.5 Å². The fraction of sp³-hybridized carbons (Fsp3) is 0.400. The lowest BCUT2D eigenvalue weighted by molar-refractivity contribution is 0.237. The van der Waals surface area contributed by atoms with E-state index in [4.69, 9.17) is 19.5 Å². The van der Waals surface area contributed by atoms with E-state index in [-0.39, 0.29) is 18.0 Å². The van der Waals surface area contributed by atoms with Gasteiger partial charge in [-0.05, 0) is 49.6 Å². The number of fused-ring (bicyclic) bond motifs is 1. The highest BCUT2D eigenvalue weighted by atomic mass is 16.5. The third-order valence-corrected chi connectivity index (χ3v) is 6.03. The first-order valence-corrected chi connectivity index (χ1v) is 11.1. The first-order chi connectivity index (χ1) is 15.6. The van der Waals surface area contributed by atoms with Crippen LogP contribution in [0.3, 0.4) is 0 Å². The highest BCUT2D eigenvalue weighted by molar-refractivity contribution is 6.17. The third kappa shape index (κ3) is 4.77. The van der Waals surface area contributed by atoms with E-state index in [1.165, 1.54) is 6.42 Å². The largest absolute Gasteiger partial charge is 0.493 e. The molecule has 168 valence electrons. The fourth-order valence-corrected chi connectivity index (χ4v) is 4.42. The molecule has 0 saturated heterocycles. The number of nitrogens with zero attached hydrogens (tertiary/aromatic N) is 2. The Morgan fingerprint density at radius 2 is 1.62 bits per heavy atom. The molecule has 2 amide bonds. The Balaban J connectivity index is 1.70. The quantitative estimate of drug-likeness (QED) is 0.689. The Morgan fingerprint density at radius 3 is 2.31 bits per heavy atom. The fourth-order valence-electron chi connectivity index (χ4n) is 4.42. The topological polar surface area (TPSA) is 84.3 Å². The molecule has 2 aromatic rings. The molecule has 32 heavy (non-hydrogen) atoms. The number of benzene rings is 2. The van der Waals surface area contributed by atoms with Crippen molar-refractivity contribution in [3.63, 3.8) is 0 Å². The van der Waals surface area contributed by atoms with Crippen LogP contribution in [0.5, 0.6) is 11.5 Å². The van der Waals surface area contributed by atoms with Crippen LogP contribution in [0.1, 0.15) is 50.5 Å². The number of ether oxygens (including phenoxy) is 2. The molecule has 0 bridgehead atoms. The van der Waals surface area contributed by atoms with Gasteiger partial charge in [-0.15, -0.1) is 0 Å². The van der Waals surface area contributed by atoms with Gasteiger partial charge in [0.25, 0.3) is 0 Å². The number of hydrogen-bond acceptors (Lipinski definition) is 5. The number of urea groups is 1. The number of carbonyl (C=O) groups excluding carboxylic acids is 1. The number of carbonyl (C=O) groups is 1. The Kier molecular flexibility index (Phi) is 6.73. The summed E-state index contributed by atoms with van der Waals surface area (Å²) in [4.78, 5) is 22.6. The summed E-state index contributed by atoms with van der Waals surface area (Å²) in [6.07, 6.45) is 5.57. The van der Waals surface area contributed by atoms with Gasteiger partial charge in [-0.25, -0.2) is 9.79 Å². The molecular weight excluding hydrogens is 404 g/mol. The van der Waals surface area contributed by atoms with E-state index in [0.717, 1.165) is 48.3 Å². The average Bonchev–Trinajstić information content (AvgIpc) is 2.94. The van der Waals surface area contributed by atoms with E-state index < -0.39 is 0 Å². The molecule has 1 heterocycles. The number of aliphatic imine (C=N–C) groups is 2. The van der Waals surface area contributed by atoms with Crippen LogP contribution in [0, 0.1) is 0 Å². The van der Waals surface area contributed by atoms with Crippen molar-refractivity contribution < 1.29 is 14.3 Å². The number of methoxy groups -OCH3 is 2. The number of nitrogens with one attached hydrogen (secondary N) is 2. The molecule has 0 spiro atoms. The van der Waals surface area contributed by atoms with E-state index in [9.17, 15) is 4.79 Å². The minimum Gasteiger partial charge on any atom is -0.493 e. The van der Waals surface area contributed by atoms with Crippen LogP contribution in [-0.2, 0) is 0 Å². The Hall–Kier alpha value is -3.35. The van der Waals surface area contributed by atoms with E-state index in [0.29, 0.717) is 17.3 Å². The van der Waals surface area contributed by atoms with E-state index in [2.05, 4.69) is 10.6 Å². The van der Waals surface area contributed by atoms with Crippen molar-refractivity contribution in [2.45, 2.75) is 51.0 Å². The van der Waals surface area contributed by atoms with Crippen molar-refractivity contribution in [2.75, 3.05) is 14.2 Å². The second-order valence-corrected chi connectivity index (χ2v) is 8.22. The molecule has 1 aliphatic heterocycles.